The molecule has 126 valence electrons. The maximum atomic E-state index is 12.0. The lowest BCUT2D eigenvalue weighted by Crippen LogP contribution is -2.19. The number of benzene rings is 1. The standard InChI is InChI=1S/C17H16ClN3O2.ClH/c1-10(19)13-6-11-7-14(18)16(8-15(11)21-17(13)22)23-9-12-4-2-3-5-20-12;/h2-8,10H,9,19H2,1H3,(H,21,22);1H. The Hall–Kier alpha value is -2.08. The van der Waals surface area contributed by atoms with Crippen molar-refractivity contribution in [1.29, 1.82) is 0 Å². The molecule has 5 nitrogen and oxygen atoms in total. The number of aromatic amines is 1. The van der Waals surface area contributed by atoms with Gasteiger partial charge < -0.3 is 15.5 Å². The van der Waals surface area contributed by atoms with E-state index in [-0.39, 0.29) is 24.0 Å². The van der Waals surface area contributed by atoms with Gasteiger partial charge in [0.25, 0.3) is 5.56 Å². The Bertz CT molecular complexity index is 895. The third-order valence-corrected chi connectivity index (χ3v) is 3.81. The van der Waals surface area contributed by atoms with Crippen molar-refractivity contribution in [3.63, 3.8) is 0 Å². The van der Waals surface area contributed by atoms with Crippen LogP contribution in [0, 0.1) is 0 Å². The van der Waals surface area contributed by atoms with Gasteiger partial charge in [-0.3, -0.25) is 9.78 Å². The molecule has 0 radical (unpaired) electrons. The molecule has 24 heavy (non-hydrogen) atoms. The van der Waals surface area contributed by atoms with Crippen molar-refractivity contribution < 1.29 is 4.74 Å². The summed E-state index contributed by atoms with van der Waals surface area (Å²) < 4.78 is 5.71. The van der Waals surface area contributed by atoms with Gasteiger partial charge >= 0.3 is 0 Å². The Balaban J connectivity index is 0.00000208. The van der Waals surface area contributed by atoms with Gasteiger partial charge in [0.1, 0.15) is 12.4 Å². The average Bonchev–Trinajstić information content (AvgIpc) is 2.53. The van der Waals surface area contributed by atoms with Crippen LogP contribution in [0.15, 0.2) is 47.4 Å². The highest BCUT2D eigenvalue weighted by atomic mass is 35.5. The lowest BCUT2D eigenvalue weighted by Gasteiger charge is -2.11. The maximum absolute atomic E-state index is 12.0. The van der Waals surface area contributed by atoms with Crippen LogP contribution in [0.25, 0.3) is 10.9 Å². The second kappa shape index (κ2) is 7.66. The fourth-order valence-corrected chi connectivity index (χ4v) is 2.53. The summed E-state index contributed by atoms with van der Waals surface area (Å²) in [6.07, 6.45) is 1.70. The first-order chi connectivity index (χ1) is 11.0. The Morgan fingerprint density at radius 3 is 2.79 bits per heavy atom. The van der Waals surface area contributed by atoms with Crippen molar-refractivity contribution in [3.05, 3.63) is 69.2 Å². The third kappa shape index (κ3) is 3.87. The summed E-state index contributed by atoms with van der Waals surface area (Å²) in [5.74, 6) is 0.494. The number of H-pyrrole nitrogens is 1. The van der Waals surface area contributed by atoms with Gasteiger partial charge in [-0.05, 0) is 31.2 Å². The molecule has 0 saturated heterocycles. The second-order valence-electron chi connectivity index (χ2n) is 5.32. The average molecular weight is 366 g/mol. The highest BCUT2D eigenvalue weighted by Crippen LogP contribution is 2.30. The van der Waals surface area contributed by atoms with Gasteiger partial charge in [-0.2, -0.15) is 0 Å². The summed E-state index contributed by atoms with van der Waals surface area (Å²) in [6.45, 7) is 2.07. The van der Waals surface area contributed by atoms with E-state index in [0.717, 1.165) is 11.1 Å². The number of hydrogen-bond donors (Lipinski definition) is 2. The first-order valence-corrected chi connectivity index (χ1v) is 7.57. The summed E-state index contributed by atoms with van der Waals surface area (Å²) in [5.41, 5.74) is 7.57. The quantitative estimate of drug-likeness (QED) is 0.739. The third-order valence-electron chi connectivity index (χ3n) is 3.52. The van der Waals surface area contributed by atoms with Crippen molar-refractivity contribution in [3.8, 4) is 5.75 Å². The number of hydrogen-bond acceptors (Lipinski definition) is 4. The number of aromatic nitrogens is 2. The first kappa shape index (κ1) is 18.3. The number of nitrogens with two attached hydrogens (primary N) is 1. The number of halogens is 2. The molecule has 1 aromatic carbocycles. The molecule has 0 bridgehead atoms. The lowest BCUT2D eigenvalue weighted by atomic mass is 10.1. The van der Waals surface area contributed by atoms with E-state index in [1.165, 1.54) is 0 Å². The molecule has 0 spiro atoms. The first-order valence-electron chi connectivity index (χ1n) is 7.19. The Morgan fingerprint density at radius 1 is 1.33 bits per heavy atom. The van der Waals surface area contributed by atoms with Gasteiger partial charge in [-0.15, -0.1) is 12.4 Å². The molecule has 0 amide bonds. The van der Waals surface area contributed by atoms with Crippen molar-refractivity contribution in [2.45, 2.75) is 19.6 Å². The molecule has 2 heterocycles. The lowest BCUT2D eigenvalue weighted by molar-refractivity contribution is 0.302. The summed E-state index contributed by atoms with van der Waals surface area (Å²) in [5, 5.41) is 1.28. The van der Waals surface area contributed by atoms with Crippen LogP contribution in [0.2, 0.25) is 5.02 Å². The summed E-state index contributed by atoms with van der Waals surface area (Å²) in [4.78, 5) is 19.0. The van der Waals surface area contributed by atoms with Gasteiger partial charge in [0, 0.05) is 29.3 Å². The monoisotopic (exact) mass is 365 g/mol. The van der Waals surface area contributed by atoms with Gasteiger partial charge in [-0.25, -0.2) is 0 Å². The van der Waals surface area contributed by atoms with Crippen LogP contribution in [0.4, 0.5) is 0 Å². The number of rotatable bonds is 4. The molecule has 2 aromatic heterocycles. The van der Waals surface area contributed by atoms with Crippen molar-refractivity contribution in [2.24, 2.45) is 5.73 Å². The summed E-state index contributed by atoms with van der Waals surface area (Å²) in [6, 6.07) is 10.5. The van der Waals surface area contributed by atoms with Crippen LogP contribution in [0.3, 0.4) is 0 Å². The summed E-state index contributed by atoms with van der Waals surface area (Å²) >= 11 is 6.27. The Labute approximate surface area is 150 Å². The number of nitrogens with zero attached hydrogens (tertiary/aromatic N) is 1. The smallest absolute Gasteiger partial charge is 0.253 e. The van der Waals surface area contributed by atoms with E-state index in [1.807, 2.05) is 18.2 Å². The van der Waals surface area contributed by atoms with E-state index >= 15 is 0 Å². The molecule has 3 aromatic rings. The highest BCUT2D eigenvalue weighted by molar-refractivity contribution is 6.32. The minimum atomic E-state index is -0.345. The minimum absolute atomic E-state index is 0. The van der Waals surface area contributed by atoms with E-state index in [1.54, 1.807) is 31.3 Å². The van der Waals surface area contributed by atoms with E-state index in [2.05, 4.69) is 9.97 Å². The van der Waals surface area contributed by atoms with Gasteiger partial charge in [0.2, 0.25) is 0 Å². The van der Waals surface area contributed by atoms with E-state index in [9.17, 15) is 4.79 Å². The number of ether oxygens (including phenoxy) is 1. The zero-order chi connectivity index (χ0) is 16.4. The molecule has 0 aliphatic carbocycles. The minimum Gasteiger partial charge on any atom is -0.486 e. The number of nitrogens with one attached hydrogen (secondary N) is 1. The van der Waals surface area contributed by atoms with E-state index in [4.69, 9.17) is 22.1 Å². The SMILES string of the molecule is CC(N)c1cc2cc(Cl)c(OCc3ccccn3)cc2[nH]c1=O.Cl. The molecule has 0 fully saturated rings. The van der Waals surface area contributed by atoms with Crippen LogP contribution < -0.4 is 16.0 Å². The molecule has 0 saturated carbocycles. The van der Waals surface area contributed by atoms with E-state index in [0.29, 0.717) is 28.5 Å². The molecule has 1 atom stereocenters. The Morgan fingerprint density at radius 2 is 2.12 bits per heavy atom. The Kier molecular flexibility index (Phi) is 5.83. The van der Waals surface area contributed by atoms with Crippen molar-refractivity contribution in [2.75, 3.05) is 0 Å². The fraction of sp³-hybridized carbons (Fsp3) is 0.176. The molecule has 0 aliphatic heterocycles. The molecular formula is C17H17Cl2N3O2. The topological polar surface area (TPSA) is 81.0 Å². The van der Waals surface area contributed by atoms with Crippen LogP contribution in [-0.2, 0) is 6.61 Å². The normalized spacial score (nSPS) is 11.8. The molecule has 1 unspecified atom stereocenters. The predicted octanol–water partition coefficient (Wildman–Crippen LogP) is 3.60. The van der Waals surface area contributed by atoms with Gasteiger partial charge in [-0.1, -0.05) is 17.7 Å². The molecule has 7 heteroatoms. The fourth-order valence-electron chi connectivity index (χ4n) is 2.31. The number of pyridine rings is 2. The number of fused-ring (bicyclic) bond motifs is 1. The zero-order valence-electron chi connectivity index (χ0n) is 13.0. The van der Waals surface area contributed by atoms with Gasteiger partial charge in [0.15, 0.2) is 0 Å². The largest absolute Gasteiger partial charge is 0.486 e. The second-order valence-corrected chi connectivity index (χ2v) is 5.73. The molecule has 3 N–H and O–H groups in total. The van der Waals surface area contributed by atoms with Gasteiger partial charge in [0.05, 0.1) is 16.2 Å². The predicted molar refractivity (Wildman–Crippen MR) is 98.0 cm³/mol. The molecular weight excluding hydrogens is 349 g/mol. The maximum Gasteiger partial charge on any atom is 0.253 e. The zero-order valence-corrected chi connectivity index (χ0v) is 14.5. The van der Waals surface area contributed by atoms with Crippen LogP contribution in [-0.4, -0.2) is 9.97 Å². The van der Waals surface area contributed by atoms with Crippen LogP contribution >= 0.6 is 24.0 Å². The van der Waals surface area contributed by atoms with Crippen molar-refractivity contribution >= 4 is 34.9 Å². The summed E-state index contributed by atoms with van der Waals surface area (Å²) in [7, 11) is 0. The molecule has 0 aliphatic rings. The highest BCUT2D eigenvalue weighted by Gasteiger charge is 2.10. The molecule has 3 rings (SSSR count). The van der Waals surface area contributed by atoms with Crippen LogP contribution in [0.5, 0.6) is 5.75 Å². The van der Waals surface area contributed by atoms with E-state index < -0.39 is 0 Å². The van der Waals surface area contributed by atoms with Crippen LogP contribution in [0.1, 0.15) is 24.2 Å². The van der Waals surface area contributed by atoms with Crippen molar-refractivity contribution in [1.82, 2.24) is 9.97 Å².